The maximum atomic E-state index is 5.47. The van der Waals surface area contributed by atoms with Gasteiger partial charge in [-0.05, 0) is 42.4 Å². The van der Waals surface area contributed by atoms with Crippen LogP contribution < -0.4 is 4.74 Å². The van der Waals surface area contributed by atoms with Crippen LogP contribution in [0, 0.1) is 4.84 Å². The molecule has 21 heavy (non-hydrogen) atoms. The molecule has 2 heterocycles. The minimum absolute atomic E-state index is 0.254. The van der Waals surface area contributed by atoms with Crippen LogP contribution in [0.2, 0.25) is 0 Å². The Morgan fingerprint density at radius 1 is 1.29 bits per heavy atom. The fraction of sp³-hybridized carbons (Fsp3) is 0.267. The van der Waals surface area contributed by atoms with Crippen molar-refractivity contribution < 1.29 is 9.15 Å². The Hall–Kier alpha value is -2.21. The van der Waals surface area contributed by atoms with Gasteiger partial charge in [-0.2, -0.15) is 0 Å². The van der Waals surface area contributed by atoms with E-state index in [0.717, 1.165) is 27.9 Å². The van der Waals surface area contributed by atoms with Crippen molar-refractivity contribution in [3.63, 3.8) is 0 Å². The van der Waals surface area contributed by atoms with Gasteiger partial charge in [-0.15, -0.1) is 5.10 Å². The number of hydrogen-bond acceptors (Lipinski definition) is 5. The molecule has 0 saturated carbocycles. The second-order valence-electron chi connectivity index (χ2n) is 5.05. The zero-order valence-electron chi connectivity index (χ0n) is 12.0. The first kappa shape index (κ1) is 13.8. The fourth-order valence-corrected chi connectivity index (χ4v) is 2.29. The molecule has 3 aromatic rings. The number of aromatic nitrogens is 3. The lowest BCUT2D eigenvalue weighted by Gasteiger charge is -2.10. The van der Waals surface area contributed by atoms with Crippen molar-refractivity contribution in [2.45, 2.75) is 19.8 Å². The highest BCUT2D eigenvalue weighted by molar-refractivity contribution is 7.71. The predicted octanol–water partition coefficient (Wildman–Crippen LogP) is 4.08. The molecule has 1 N–H and O–H groups in total. The summed E-state index contributed by atoms with van der Waals surface area (Å²) in [6.07, 6.45) is 0. The molecule has 0 fully saturated rings. The molecular formula is C15H15N3O2S. The number of hydrogen-bond donors (Lipinski definition) is 1. The molecule has 0 saturated heterocycles. The lowest BCUT2D eigenvalue weighted by molar-refractivity contribution is 0.415. The van der Waals surface area contributed by atoms with Crippen LogP contribution in [-0.4, -0.2) is 22.3 Å². The van der Waals surface area contributed by atoms with Crippen LogP contribution in [0.25, 0.3) is 22.4 Å². The van der Waals surface area contributed by atoms with Crippen molar-refractivity contribution in [2.75, 3.05) is 7.11 Å². The Kier molecular flexibility index (Phi) is 3.47. The second kappa shape index (κ2) is 5.29. The molecule has 0 atom stereocenters. The maximum Gasteiger partial charge on any atom is 0.284 e. The van der Waals surface area contributed by atoms with Crippen molar-refractivity contribution >= 4 is 23.1 Å². The smallest absolute Gasteiger partial charge is 0.284 e. The van der Waals surface area contributed by atoms with Crippen LogP contribution in [0.3, 0.4) is 0 Å². The van der Waals surface area contributed by atoms with Crippen LogP contribution in [0.5, 0.6) is 5.75 Å². The Labute approximate surface area is 127 Å². The predicted molar refractivity (Wildman–Crippen MR) is 83.1 cm³/mol. The molecule has 0 spiro atoms. The minimum Gasteiger partial charge on any atom is -0.497 e. The minimum atomic E-state index is 0.254. The first-order valence-electron chi connectivity index (χ1n) is 6.63. The molecule has 0 bridgehead atoms. The fourth-order valence-electron chi connectivity index (χ4n) is 2.17. The number of ether oxygens (including phenoxy) is 1. The summed E-state index contributed by atoms with van der Waals surface area (Å²) in [6, 6.07) is 7.74. The topological polar surface area (TPSA) is 63.9 Å². The van der Waals surface area contributed by atoms with Crippen molar-refractivity contribution in [1.82, 2.24) is 15.2 Å². The van der Waals surface area contributed by atoms with Gasteiger partial charge in [0.05, 0.1) is 18.2 Å². The standard InChI is InChI=1S/C15H15N3O2S/c1-8(2)13-7-11(14-17-18-15(21)20-14)10-6-9(19-3)4-5-12(10)16-13/h4-8H,1-3H3,(H,18,21). The first-order valence-corrected chi connectivity index (χ1v) is 7.04. The average molecular weight is 301 g/mol. The number of H-pyrrole nitrogens is 1. The third-order valence-corrected chi connectivity index (χ3v) is 3.47. The van der Waals surface area contributed by atoms with Gasteiger partial charge in [-0.1, -0.05) is 13.8 Å². The number of nitrogens with one attached hydrogen (secondary N) is 1. The van der Waals surface area contributed by atoms with Crippen LogP contribution in [-0.2, 0) is 0 Å². The number of benzene rings is 1. The van der Waals surface area contributed by atoms with E-state index >= 15 is 0 Å². The summed E-state index contributed by atoms with van der Waals surface area (Å²) in [4.78, 5) is 4.94. The van der Waals surface area contributed by atoms with Crippen molar-refractivity contribution in [3.05, 3.63) is 34.8 Å². The van der Waals surface area contributed by atoms with Gasteiger partial charge in [0.25, 0.3) is 4.84 Å². The highest BCUT2D eigenvalue weighted by atomic mass is 32.1. The monoisotopic (exact) mass is 301 g/mol. The molecular weight excluding hydrogens is 286 g/mol. The van der Waals surface area contributed by atoms with Crippen molar-refractivity contribution in [1.29, 1.82) is 0 Å². The zero-order valence-corrected chi connectivity index (χ0v) is 12.8. The molecule has 108 valence electrons. The Balaban J connectivity index is 2.34. The normalized spacial score (nSPS) is 11.2. The van der Waals surface area contributed by atoms with E-state index in [2.05, 4.69) is 29.0 Å². The van der Waals surface area contributed by atoms with Crippen LogP contribution in [0.4, 0.5) is 0 Å². The summed E-state index contributed by atoms with van der Waals surface area (Å²) >= 11 is 4.96. The molecule has 3 rings (SSSR count). The largest absolute Gasteiger partial charge is 0.497 e. The molecule has 0 aliphatic heterocycles. The van der Waals surface area contributed by atoms with E-state index in [0.29, 0.717) is 11.8 Å². The van der Waals surface area contributed by atoms with E-state index in [4.69, 9.17) is 21.4 Å². The maximum absolute atomic E-state index is 5.47. The van der Waals surface area contributed by atoms with Gasteiger partial charge in [0, 0.05) is 11.1 Å². The lowest BCUT2D eigenvalue weighted by atomic mass is 10.0. The van der Waals surface area contributed by atoms with Gasteiger partial charge >= 0.3 is 0 Å². The summed E-state index contributed by atoms with van der Waals surface area (Å²) in [5.74, 6) is 1.52. The Bertz CT molecular complexity index is 851. The number of nitrogens with zero attached hydrogens (tertiary/aromatic N) is 2. The summed E-state index contributed by atoms with van der Waals surface area (Å²) in [5, 5.41) is 7.70. The van der Waals surface area contributed by atoms with Gasteiger partial charge in [-0.3, -0.25) is 4.98 Å². The Morgan fingerprint density at radius 3 is 2.71 bits per heavy atom. The number of fused-ring (bicyclic) bond motifs is 1. The molecule has 0 radical (unpaired) electrons. The highest BCUT2D eigenvalue weighted by Crippen LogP contribution is 2.31. The van der Waals surface area contributed by atoms with Gasteiger partial charge in [0.2, 0.25) is 5.89 Å². The number of aromatic amines is 1. The molecule has 2 aromatic heterocycles. The third-order valence-electron chi connectivity index (χ3n) is 3.30. The molecule has 1 aromatic carbocycles. The van der Waals surface area contributed by atoms with Gasteiger partial charge in [0.15, 0.2) is 0 Å². The van der Waals surface area contributed by atoms with E-state index in [9.17, 15) is 0 Å². The molecule has 0 unspecified atom stereocenters. The quantitative estimate of drug-likeness (QED) is 0.738. The Morgan fingerprint density at radius 2 is 2.10 bits per heavy atom. The van der Waals surface area contributed by atoms with Gasteiger partial charge in [-0.25, -0.2) is 5.10 Å². The van der Waals surface area contributed by atoms with E-state index in [-0.39, 0.29) is 4.84 Å². The molecule has 5 nitrogen and oxygen atoms in total. The summed E-state index contributed by atoms with van der Waals surface area (Å²) in [6.45, 7) is 4.20. The summed E-state index contributed by atoms with van der Waals surface area (Å²) < 4.78 is 10.8. The zero-order chi connectivity index (χ0) is 15.0. The van der Waals surface area contributed by atoms with Crippen LogP contribution in [0.15, 0.2) is 28.7 Å². The second-order valence-corrected chi connectivity index (χ2v) is 5.42. The van der Waals surface area contributed by atoms with Crippen LogP contribution in [0.1, 0.15) is 25.5 Å². The van der Waals surface area contributed by atoms with E-state index in [1.54, 1.807) is 7.11 Å². The first-order chi connectivity index (χ1) is 10.1. The number of rotatable bonds is 3. The van der Waals surface area contributed by atoms with Gasteiger partial charge < -0.3 is 9.15 Å². The number of pyridine rings is 1. The third kappa shape index (κ3) is 2.54. The summed E-state index contributed by atoms with van der Waals surface area (Å²) in [5.41, 5.74) is 2.71. The summed E-state index contributed by atoms with van der Waals surface area (Å²) in [7, 11) is 1.64. The molecule has 6 heteroatoms. The SMILES string of the molecule is COc1ccc2nc(C(C)C)cc(-c3n[nH]c(=S)o3)c2c1. The van der Waals surface area contributed by atoms with E-state index < -0.39 is 0 Å². The molecule has 0 amide bonds. The molecule has 0 aliphatic rings. The number of methoxy groups -OCH3 is 1. The van der Waals surface area contributed by atoms with Crippen molar-refractivity contribution in [3.8, 4) is 17.2 Å². The lowest BCUT2D eigenvalue weighted by Crippen LogP contribution is -1.96. The molecule has 0 aliphatic carbocycles. The van der Waals surface area contributed by atoms with Crippen LogP contribution >= 0.6 is 12.2 Å². The van der Waals surface area contributed by atoms with Crippen molar-refractivity contribution in [2.24, 2.45) is 0 Å². The van der Waals surface area contributed by atoms with E-state index in [1.165, 1.54) is 0 Å². The van der Waals surface area contributed by atoms with Gasteiger partial charge in [0.1, 0.15) is 5.75 Å². The van der Waals surface area contributed by atoms with E-state index in [1.807, 2.05) is 24.3 Å². The highest BCUT2D eigenvalue weighted by Gasteiger charge is 2.14. The average Bonchev–Trinajstić information content (AvgIpc) is 2.91.